The van der Waals surface area contributed by atoms with E-state index in [4.69, 9.17) is 4.74 Å². The molecule has 3 heteroatoms. The minimum atomic E-state index is 0.471. The maximum Gasteiger partial charge on any atom is 0.168 e. The van der Waals surface area contributed by atoms with Crippen LogP contribution in [-0.2, 0) is 0 Å². The number of hydrogen-bond donors (Lipinski definition) is 1. The number of nitrogens with one attached hydrogen (secondary N) is 1. The molecule has 84 valence electrons. The normalized spacial score (nSPS) is 10.4. The van der Waals surface area contributed by atoms with E-state index in [1.54, 1.807) is 6.20 Å². The van der Waals surface area contributed by atoms with Crippen molar-refractivity contribution in [2.45, 2.75) is 39.7 Å². The largest absolute Gasteiger partial charge is 0.490 e. The standard InChI is InChI=1S/C12H20N2O/c1-4-10(5-2)14-12-11(15-6-3)8-7-9-13-12/h7-10H,4-6H2,1-3H3,(H,13,14). The highest BCUT2D eigenvalue weighted by atomic mass is 16.5. The summed E-state index contributed by atoms with van der Waals surface area (Å²) in [6.45, 7) is 6.99. The topological polar surface area (TPSA) is 34.1 Å². The first kappa shape index (κ1) is 11.8. The van der Waals surface area contributed by atoms with Gasteiger partial charge in [-0.15, -0.1) is 0 Å². The molecule has 0 aliphatic carbocycles. The van der Waals surface area contributed by atoms with Gasteiger partial charge in [0, 0.05) is 12.2 Å². The summed E-state index contributed by atoms with van der Waals surface area (Å²) in [6.07, 6.45) is 3.98. The van der Waals surface area contributed by atoms with Crippen LogP contribution in [0.4, 0.5) is 5.82 Å². The molecule has 1 heterocycles. The Balaban J connectivity index is 2.73. The SMILES string of the molecule is CCOc1cccnc1NC(CC)CC. The minimum absolute atomic E-state index is 0.471. The van der Waals surface area contributed by atoms with Gasteiger partial charge in [0.05, 0.1) is 6.61 Å². The van der Waals surface area contributed by atoms with Crippen molar-refractivity contribution in [1.82, 2.24) is 4.98 Å². The Kier molecular flexibility index (Phi) is 4.95. The summed E-state index contributed by atoms with van der Waals surface area (Å²) >= 11 is 0. The lowest BCUT2D eigenvalue weighted by atomic mass is 10.2. The van der Waals surface area contributed by atoms with E-state index >= 15 is 0 Å². The molecule has 0 spiro atoms. The fraction of sp³-hybridized carbons (Fsp3) is 0.583. The number of aromatic nitrogens is 1. The molecule has 15 heavy (non-hydrogen) atoms. The zero-order valence-corrected chi connectivity index (χ0v) is 9.79. The van der Waals surface area contributed by atoms with Crippen LogP contribution < -0.4 is 10.1 Å². The molecule has 1 aromatic heterocycles. The number of ether oxygens (including phenoxy) is 1. The van der Waals surface area contributed by atoms with Gasteiger partial charge in [-0.3, -0.25) is 0 Å². The van der Waals surface area contributed by atoms with Crippen molar-refractivity contribution < 1.29 is 4.74 Å². The molecule has 1 aromatic rings. The summed E-state index contributed by atoms with van der Waals surface area (Å²) in [7, 11) is 0. The molecular weight excluding hydrogens is 188 g/mol. The second-order valence-electron chi connectivity index (χ2n) is 3.44. The van der Waals surface area contributed by atoms with Crippen LogP contribution in [0.25, 0.3) is 0 Å². The van der Waals surface area contributed by atoms with Crippen molar-refractivity contribution in [3.63, 3.8) is 0 Å². The van der Waals surface area contributed by atoms with Gasteiger partial charge in [0.25, 0.3) is 0 Å². The van der Waals surface area contributed by atoms with Gasteiger partial charge in [-0.25, -0.2) is 4.98 Å². The zero-order valence-electron chi connectivity index (χ0n) is 9.79. The summed E-state index contributed by atoms with van der Waals surface area (Å²) < 4.78 is 5.50. The van der Waals surface area contributed by atoms with Gasteiger partial charge in [0.2, 0.25) is 0 Å². The maximum atomic E-state index is 5.50. The third-order valence-electron chi connectivity index (χ3n) is 2.40. The third-order valence-corrected chi connectivity index (χ3v) is 2.40. The van der Waals surface area contributed by atoms with Crippen molar-refractivity contribution in [2.75, 3.05) is 11.9 Å². The predicted molar refractivity (Wildman–Crippen MR) is 63.4 cm³/mol. The molecule has 0 amide bonds. The lowest BCUT2D eigenvalue weighted by Gasteiger charge is -2.17. The Labute approximate surface area is 91.9 Å². The smallest absolute Gasteiger partial charge is 0.168 e. The summed E-state index contributed by atoms with van der Waals surface area (Å²) in [6, 6.07) is 4.31. The van der Waals surface area contributed by atoms with Crippen LogP contribution in [0, 0.1) is 0 Å². The first-order valence-corrected chi connectivity index (χ1v) is 5.66. The van der Waals surface area contributed by atoms with E-state index < -0.39 is 0 Å². The van der Waals surface area contributed by atoms with E-state index in [2.05, 4.69) is 24.1 Å². The van der Waals surface area contributed by atoms with E-state index in [0.717, 1.165) is 24.4 Å². The molecule has 0 saturated heterocycles. The van der Waals surface area contributed by atoms with Gasteiger partial charge >= 0.3 is 0 Å². The molecule has 1 rings (SSSR count). The number of anilines is 1. The highest BCUT2D eigenvalue weighted by Crippen LogP contribution is 2.22. The lowest BCUT2D eigenvalue weighted by Crippen LogP contribution is -2.18. The predicted octanol–water partition coefficient (Wildman–Crippen LogP) is 3.08. The average Bonchev–Trinajstić information content (AvgIpc) is 2.28. The highest BCUT2D eigenvalue weighted by molar-refractivity contribution is 5.50. The van der Waals surface area contributed by atoms with E-state index in [-0.39, 0.29) is 0 Å². The summed E-state index contributed by atoms with van der Waals surface area (Å²) in [5.41, 5.74) is 0. The molecule has 0 bridgehead atoms. The minimum Gasteiger partial charge on any atom is -0.490 e. The molecule has 1 N–H and O–H groups in total. The number of hydrogen-bond acceptors (Lipinski definition) is 3. The number of rotatable bonds is 6. The second-order valence-corrected chi connectivity index (χ2v) is 3.44. The third kappa shape index (κ3) is 3.42. The quantitative estimate of drug-likeness (QED) is 0.780. The fourth-order valence-electron chi connectivity index (χ4n) is 1.46. The molecule has 3 nitrogen and oxygen atoms in total. The van der Waals surface area contributed by atoms with Gasteiger partial charge in [0.15, 0.2) is 11.6 Å². The van der Waals surface area contributed by atoms with Crippen LogP contribution >= 0.6 is 0 Å². The Morgan fingerprint density at radius 3 is 2.67 bits per heavy atom. The van der Waals surface area contributed by atoms with Gasteiger partial charge in [-0.05, 0) is 31.9 Å². The van der Waals surface area contributed by atoms with Gasteiger partial charge in [-0.1, -0.05) is 13.8 Å². The summed E-state index contributed by atoms with van der Waals surface area (Å²) in [5.74, 6) is 1.69. The molecule has 0 aliphatic rings. The number of pyridine rings is 1. The Morgan fingerprint density at radius 1 is 1.33 bits per heavy atom. The van der Waals surface area contributed by atoms with Gasteiger partial charge in [-0.2, -0.15) is 0 Å². The van der Waals surface area contributed by atoms with E-state index in [1.807, 2.05) is 19.1 Å². The second kappa shape index (κ2) is 6.27. The van der Waals surface area contributed by atoms with Crippen LogP contribution in [0.15, 0.2) is 18.3 Å². The monoisotopic (exact) mass is 208 g/mol. The van der Waals surface area contributed by atoms with E-state index in [0.29, 0.717) is 12.6 Å². The van der Waals surface area contributed by atoms with Crippen molar-refractivity contribution in [3.05, 3.63) is 18.3 Å². The molecule has 0 unspecified atom stereocenters. The molecule has 0 atom stereocenters. The van der Waals surface area contributed by atoms with E-state index in [1.165, 1.54) is 0 Å². The van der Waals surface area contributed by atoms with Gasteiger partial charge < -0.3 is 10.1 Å². The maximum absolute atomic E-state index is 5.50. The van der Waals surface area contributed by atoms with Crippen molar-refractivity contribution in [2.24, 2.45) is 0 Å². The Morgan fingerprint density at radius 2 is 2.07 bits per heavy atom. The molecule has 0 saturated carbocycles. The Bertz CT molecular complexity index is 285. The molecule has 0 fully saturated rings. The average molecular weight is 208 g/mol. The number of nitrogens with zero attached hydrogens (tertiary/aromatic N) is 1. The van der Waals surface area contributed by atoms with Crippen LogP contribution in [-0.4, -0.2) is 17.6 Å². The van der Waals surface area contributed by atoms with Gasteiger partial charge in [0.1, 0.15) is 0 Å². The first-order chi connectivity index (χ1) is 7.31. The van der Waals surface area contributed by atoms with Crippen molar-refractivity contribution >= 4 is 5.82 Å². The fourth-order valence-corrected chi connectivity index (χ4v) is 1.46. The highest BCUT2D eigenvalue weighted by Gasteiger charge is 2.08. The summed E-state index contributed by atoms with van der Waals surface area (Å²) in [5, 5.41) is 3.40. The zero-order chi connectivity index (χ0) is 11.1. The summed E-state index contributed by atoms with van der Waals surface area (Å²) in [4.78, 5) is 4.30. The molecule has 0 radical (unpaired) electrons. The lowest BCUT2D eigenvalue weighted by molar-refractivity contribution is 0.340. The first-order valence-electron chi connectivity index (χ1n) is 5.66. The van der Waals surface area contributed by atoms with Crippen LogP contribution in [0.1, 0.15) is 33.6 Å². The Hall–Kier alpha value is -1.25. The van der Waals surface area contributed by atoms with Crippen molar-refractivity contribution in [3.8, 4) is 5.75 Å². The van der Waals surface area contributed by atoms with Crippen LogP contribution in [0.2, 0.25) is 0 Å². The van der Waals surface area contributed by atoms with Crippen molar-refractivity contribution in [1.29, 1.82) is 0 Å². The molecule has 0 aliphatic heterocycles. The molecular formula is C12H20N2O. The van der Waals surface area contributed by atoms with E-state index in [9.17, 15) is 0 Å². The van der Waals surface area contributed by atoms with Crippen LogP contribution in [0.3, 0.4) is 0 Å². The molecule has 0 aromatic carbocycles. The van der Waals surface area contributed by atoms with Crippen LogP contribution in [0.5, 0.6) is 5.75 Å².